The zero-order chi connectivity index (χ0) is 15.8. The number of benzene rings is 1. The second-order valence-electron chi connectivity index (χ2n) is 4.85. The van der Waals surface area contributed by atoms with Gasteiger partial charge in [0.15, 0.2) is 0 Å². The zero-order valence-corrected chi connectivity index (χ0v) is 12.7. The fourth-order valence-electron chi connectivity index (χ4n) is 1.94. The molecule has 1 amide bonds. The Morgan fingerprint density at radius 2 is 2.24 bits per heavy atom. The summed E-state index contributed by atoms with van der Waals surface area (Å²) in [6, 6.07) is 5.47. The second-order valence-corrected chi connectivity index (χ2v) is 4.85. The van der Waals surface area contributed by atoms with E-state index in [0.29, 0.717) is 11.1 Å². The van der Waals surface area contributed by atoms with Gasteiger partial charge in [0, 0.05) is 26.3 Å². The van der Waals surface area contributed by atoms with Crippen molar-refractivity contribution in [2.45, 2.75) is 13.0 Å². The number of ether oxygens (including phenoxy) is 1. The maximum Gasteiger partial charge on any atom is 0.254 e. The van der Waals surface area contributed by atoms with Crippen LogP contribution in [0.4, 0.5) is 0 Å². The molecule has 1 rings (SSSR count). The van der Waals surface area contributed by atoms with Crippen molar-refractivity contribution < 1.29 is 14.6 Å². The molecule has 0 bridgehead atoms. The molecule has 0 saturated heterocycles. The van der Waals surface area contributed by atoms with Gasteiger partial charge >= 0.3 is 0 Å². The zero-order valence-electron chi connectivity index (χ0n) is 12.7. The van der Waals surface area contributed by atoms with E-state index in [1.165, 1.54) is 12.0 Å². The van der Waals surface area contributed by atoms with E-state index in [-0.39, 0.29) is 25.6 Å². The lowest BCUT2D eigenvalue weighted by atomic mass is 10.0. The van der Waals surface area contributed by atoms with E-state index in [9.17, 15) is 9.90 Å². The Morgan fingerprint density at radius 3 is 2.86 bits per heavy atom. The van der Waals surface area contributed by atoms with Gasteiger partial charge in [-0.2, -0.15) is 0 Å². The third-order valence-corrected chi connectivity index (χ3v) is 2.92. The van der Waals surface area contributed by atoms with Crippen molar-refractivity contribution >= 4 is 5.91 Å². The number of hydrogen-bond donors (Lipinski definition) is 2. The van der Waals surface area contributed by atoms with Crippen molar-refractivity contribution in [2.24, 2.45) is 5.73 Å². The molecule has 5 heteroatoms. The van der Waals surface area contributed by atoms with Crippen LogP contribution in [-0.2, 0) is 4.74 Å². The maximum absolute atomic E-state index is 12.5. The first-order chi connectivity index (χ1) is 9.99. The number of hydrogen-bond acceptors (Lipinski definition) is 4. The Labute approximate surface area is 125 Å². The van der Waals surface area contributed by atoms with Crippen molar-refractivity contribution in [3.05, 3.63) is 34.9 Å². The first-order valence-electron chi connectivity index (χ1n) is 6.71. The Balaban J connectivity index is 2.95. The van der Waals surface area contributed by atoms with Gasteiger partial charge in [-0.1, -0.05) is 17.9 Å². The molecule has 0 heterocycles. The third-order valence-electron chi connectivity index (χ3n) is 2.92. The first kappa shape index (κ1) is 17.2. The number of rotatable bonds is 5. The molecule has 0 radical (unpaired) electrons. The number of aliphatic hydroxyl groups is 1. The van der Waals surface area contributed by atoms with Crippen molar-refractivity contribution in [3.8, 4) is 11.8 Å². The van der Waals surface area contributed by atoms with Gasteiger partial charge in [0.2, 0.25) is 0 Å². The standard InChI is InChI=1S/C16H22N2O3/c1-12-6-7-15(13(9-12)5-4-8-17)16(20)18(2)10-14(19)11-21-3/h6-7,9,14,19H,8,10-11,17H2,1-3H3. The quantitative estimate of drug-likeness (QED) is 0.769. The van der Waals surface area contributed by atoms with Crippen molar-refractivity contribution in [1.82, 2.24) is 4.90 Å². The summed E-state index contributed by atoms with van der Waals surface area (Å²) in [7, 11) is 3.15. The predicted molar refractivity (Wildman–Crippen MR) is 82.0 cm³/mol. The summed E-state index contributed by atoms with van der Waals surface area (Å²) in [5.74, 6) is 5.49. The monoisotopic (exact) mass is 290 g/mol. The van der Waals surface area contributed by atoms with Crippen LogP contribution in [-0.4, -0.2) is 55.9 Å². The lowest BCUT2D eigenvalue weighted by molar-refractivity contribution is 0.0380. The smallest absolute Gasteiger partial charge is 0.254 e. The van der Waals surface area contributed by atoms with Gasteiger partial charge in [-0.15, -0.1) is 0 Å². The molecule has 0 saturated carbocycles. The lowest BCUT2D eigenvalue weighted by Crippen LogP contribution is -2.36. The van der Waals surface area contributed by atoms with Crippen LogP contribution in [0, 0.1) is 18.8 Å². The van der Waals surface area contributed by atoms with Gasteiger partial charge in [0.05, 0.1) is 24.8 Å². The van der Waals surface area contributed by atoms with Crippen LogP contribution in [0.25, 0.3) is 0 Å². The van der Waals surface area contributed by atoms with E-state index in [4.69, 9.17) is 10.5 Å². The van der Waals surface area contributed by atoms with Crippen LogP contribution < -0.4 is 5.73 Å². The molecule has 0 fully saturated rings. The van der Waals surface area contributed by atoms with Crippen molar-refractivity contribution in [3.63, 3.8) is 0 Å². The van der Waals surface area contributed by atoms with Gasteiger partial charge < -0.3 is 20.5 Å². The first-order valence-corrected chi connectivity index (χ1v) is 6.71. The SMILES string of the molecule is COCC(O)CN(C)C(=O)c1ccc(C)cc1C#CCN. The normalized spacial score (nSPS) is 11.5. The molecule has 0 aliphatic heterocycles. The van der Waals surface area contributed by atoms with Gasteiger partial charge in [0.1, 0.15) is 0 Å². The number of carbonyl (C=O) groups is 1. The molecule has 0 aliphatic rings. The predicted octanol–water partition coefficient (Wildman–Crippen LogP) is 0.385. The number of aryl methyl sites for hydroxylation is 1. The van der Waals surface area contributed by atoms with E-state index < -0.39 is 6.10 Å². The summed E-state index contributed by atoms with van der Waals surface area (Å²) >= 11 is 0. The van der Waals surface area contributed by atoms with E-state index in [0.717, 1.165) is 5.56 Å². The second kappa shape index (κ2) is 8.42. The number of amides is 1. The summed E-state index contributed by atoms with van der Waals surface area (Å²) in [6.45, 7) is 2.56. The lowest BCUT2D eigenvalue weighted by Gasteiger charge is -2.21. The molecular weight excluding hydrogens is 268 g/mol. The van der Waals surface area contributed by atoms with Crippen molar-refractivity contribution in [1.29, 1.82) is 0 Å². The molecule has 114 valence electrons. The minimum absolute atomic E-state index is 0.186. The fraction of sp³-hybridized carbons (Fsp3) is 0.438. The molecule has 1 aromatic carbocycles. The molecular formula is C16H22N2O3. The molecule has 0 aromatic heterocycles. The number of nitrogens with two attached hydrogens (primary N) is 1. The van der Waals surface area contributed by atoms with Crippen LogP contribution in [0.5, 0.6) is 0 Å². The van der Waals surface area contributed by atoms with Crippen LogP contribution in [0.1, 0.15) is 21.5 Å². The summed E-state index contributed by atoms with van der Waals surface area (Å²) in [6.07, 6.45) is -0.715. The van der Waals surface area contributed by atoms with Gasteiger partial charge in [-0.25, -0.2) is 0 Å². The highest BCUT2D eigenvalue weighted by Gasteiger charge is 2.17. The summed E-state index contributed by atoms with van der Waals surface area (Å²) in [5.41, 5.74) is 7.57. The van der Waals surface area contributed by atoms with Crippen molar-refractivity contribution in [2.75, 3.05) is 33.9 Å². The van der Waals surface area contributed by atoms with Crippen LogP contribution in [0.3, 0.4) is 0 Å². The van der Waals surface area contributed by atoms with Crippen LogP contribution >= 0.6 is 0 Å². The number of aliphatic hydroxyl groups excluding tert-OH is 1. The Hall–Kier alpha value is -1.87. The molecule has 1 atom stereocenters. The topological polar surface area (TPSA) is 75.8 Å². The van der Waals surface area contributed by atoms with Gasteiger partial charge in [-0.05, 0) is 24.6 Å². The minimum Gasteiger partial charge on any atom is -0.389 e. The van der Waals surface area contributed by atoms with Crippen LogP contribution in [0.15, 0.2) is 18.2 Å². The van der Waals surface area contributed by atoms with Crippen LogP contribution in [0.2, 0.25) is 0 Å². The summed E-state index contributed by atoms with van der Waals surface area (Å²) in [5, 5.41) is 9.71. The highest BCUT2D eigenvalue weighted by atomic mass is 16.5. The number of likely N-dealkylation sites (N-methyl/N-ethyl adjacent to an activating group) is 1. The molecule has 0 spiro atoms. The highest BCUT2D eigenvalue weighted by molar-refractivity contribution is 5.96. The Bertz CT molecular complexity index is 546. The Kier molecular flexibility index (Phi) is 6.89. The van der Waals surface area contributed by atoms with E-state index in [2.05, 4.69) is 11.8 Å². The maximum atomic E-state index is 12.5. The average molecular weight is 290 g/mol. The molecule has 1 aromatic rings. The van der Waals surface area contributed by atoms with Gasteiger partial charge in [-0.3, -0.25) is 4.79 Å². The third kappa shape index (κ3) is 5.20. The number of nitrogens with zero attached hydrogens (tertiary/aromatic N) is 1. The number of methoxy groups -OCH3 is 1. The van der Waals surface area contributed by atoms with E-state index in [1.807, 2.05) is 19.1 Å². The molecule has 3 N–H and O–H groups in total. The largest absolute Gasteiger partial charge is 0.389 e. The fourth-order valence-corrected chi connectivity index (χ4v) is 1.94. The minimum atomic E-state index is -0.715. The van der Waals surface area contributed by atoms with E-state index in [1.54, 1.807) is 13.1 Å². The molecule has 21 heavy (non-hydrogen) atoms. The summed E-state index contributed by atoms with van der Waals surface area (Å²) < 4.78 is 4.86. The van der Waals surface area contributed by atoms with E-state index >= 15 is 0 Å². The average Bonchev–Trinajstić information content (AvgIpc) is 2.44. The summed E-state index contributed by atoms with van der Waals surface area (Å²) in [4.78, 5) is 13.9. The molecule has 1 unspecified atom stereocenters. The number of carbonyl (C=O) groups excluding carboxylic acids is 1. The molecule has 0 aliphatic carbocycles. The Morgan fingerprint density at radius 1 is 1.52 bits per heavy atom. The van der Waals surface area contributed by atoms with Gasteiger partial charge in [0.25, 0.3) is 5.91 Å². The molecule has 5 nitrogen and oxygen atoms in total. The highest BCUT2D eigenvalue weighted by Crippen LogP contribution is 2.13.